The Hall–Kier alpha value is -2.78. The predicted octanol–water partition coefficient (Wildman–Crippen LogP) is 3.06. The van der Waals surface area contributed by atoms with Gasteiger partial charge in [0.1, 0.15) is 18.3 Å². The van der Waals surface area contributed by atoms with Crippen LogP contribution in [0.1, 0.15) is 25.8 Å². The van der Waals surface area contributed by atoms with Crippen molar-refractivity contribution in [1.82, 2.24) is 10.2 Å². The van der Waals surface area contributed by atoms with Gasteiger partial charge in [0, 0.05) is 18.1 Å². The first-order valence-electron chi connectivity index (χ1n) is 10.5. The lowest BCUT2D eigenvalue weighted by molar-refractivity contribution is -0.140. The average molecular weight is 496 g/mol. The number of carbonyl (C=O) groups excluding carboxylic acids is 2. The van der Waals surface area contributed by atoms with E-state index >= 15 is 0 Å². The molecule has 1 atom stereocenters. The van der Waals surface area contributed by atoms with Gasteiger partial charge in [-0.2, -0.15) is 0 Å². The van der Waals surface area contributed by atoms with Crippen LogP contribution in [0, 0.1) is 0 Å². The molecule has 2 aromatic rings. The molecule has 33 heavy (non-hydrogen) atoms. The molecule has 0 saturated heterocycles. The predicted molar refractivity (Wildman–Crippen MR) is 130 cm³/mol. The maximum atomic E-state index is 13.5. The number of carbonyl (C=O) groups is 2. The van der Waals surface area contributed by atoms with E-state index in [-0.39, 0.29) is 23.9 Å². The SMILES string of the molecule is CCNC(=O)[C@@H](CC)N(Cc1ccccc1)C(=O)CN(c1cc(Cl)ccc1OC)S(C)(=O)=O. The van der Waals surface area contributed by atoms with Gasteiger partial charge in [-0.3, -0.25) is 13.9 Å². The van der Waals surface area contributed by atoms with Crippen molar-refractivity contribution in [2.24, 2.45) is 0 Å². The van der Waals surface area contributed by atoms with Crippen LogP contribution in [0.3, 0.4) is 0 Å². The van der Waals surface area contributed by atoms with Crippen molar-refractivity contribution in [2.75, 3.05) is 30.8 Å². The van der Waals surface area contributed by atoms with E-state index < -0.39 is 28.5 Å². The highest BCUT2D eigenvalue weighted by Crippen LogP contribution is 2.33. The van der Waals surface area contributed by atoms with Gasteiger partial charge in [0.05, 0.1) is 19.1 Å². The molecule has 0 radical (unpaired) electrons. The number of benzene rings is 2. The first kappa shape index (κ1) is 26.5. The van der Waals surface area contributed by atoms with Crippen LogP contribution in [0.25, 0.3) is 0 Å². The van der Waals surface area contributed by atoms with E-state index in [1.807, 2.05) is 30.3 Å². The third-order valence-corrected chi connectivity index (χ3v) is 6.38. The molecule has 0 bridgehead atoms. The largest absolute Gasteiger partial charge is 0.495 e. The minimum atomic E-state index is -3.89. The Morgan fingerprint density at radius 1 is 1.12 bits per heavy atom. The fourth-order valence-corrected chi connectivity index (χ4v) is 4.46. The standard InChI is InChI=1S/C23H30ClN3O5S/c1-5-19(23(29)25-6-2)26(15-17-10-8-7-9-11-17)22(28)16-27(33(4,30)31)20-14-18(24)12-13-21(20)32-3/h7-14,19H,5-6,15-16H2,1-4H3,(H,25,29)/t19-/m1/s1. The van der Waals surface area contributed by atoms with Crippen molar-refractivity contribution in [3.8, 4) is 5.75 Å². The Labute approximate surface area is 200 Å². The molecule has 10 heteroatoms. The van der Waals surface area contributed by atoms with E-state index in [1.165, 1.54) is 24.1 Å². The smallest absolute Gasteiger partial charge is 0.244 e. The summed E-state index contributed by atoms with van der Waals surface area (Å²) >= 11 is 6.10. The number of nitrogens with one attached hydrogen (secondary N) is 1. The summed E-state index contributed by atoms with van der Waals surface area (Å²) < 4.78 is 31.6. The van der Waals surface area contributed by atoms with Crippen LogP contribution in [0.15, 0.2) is 48.5 Å². The maximum Gasteiger partial charge on any atom is 0.244 e. The molecule has 0 aliphatic rings. The summed E-state index contributed by atoms with van der Waals surface area (Å²) in [5.41, 5.74) is 0.964. The van der Waals surface area contributed by atoms with E-state index in [0.29, 0.717) is 18.0 Å². The van der Waals surface area contributed by atoms with Crippen molar-refractivity contribution in [1.29, 1.82) is 0 Å². The van der Waals surface area contributed by atoms with Gasteiger partial charge < -0.3 is 15.0 Å². The topological polar surface area (TPSA) is 96.0 Å². The molecule has 0 spiro atoms. The van der Waals surface area contributed by atoms with Crippen LogP contribution in [0.4, 0.5) is 5.69 Å². The summed E-state index contributed by atoms with van der Waals surface area (Å²) in [7, 11) is -2.48. The quantitative estimate of drug-likeness (QED) is 0.517. The molecule has 0 unspecified atom stereocenters. The number of methoxy groups -OCH3 is 1. The first-order chi connectivity index (χ1) is 15.6. The lowest BCUT2D eigenvalue weighted by atomic mass is 10.1. The number of ether oxygens (including phenoxy) is 1. The number of hydrogen-bond donors (Lipinski definition) is 1. The monoisotopic (exact) mass is 495 g/mol. The molecule has 2 aromatic carbocycles. The fourth-order valence-electron chi connectivity index (χ4n) is 3.44. The van der Waals surface area contributed by atoms with Crippen LogP contribution < -0.4 is 14.4 Å². The molecule has 0 aliphatic heterocycles. The number of nitrogens with zero attached hydrogens (tertiary/aromatic N) is 2. The molecular weight excluding hydrogens is 466 g/mol. The highest BCUT2D eigenvalue weighted by molar-refractivity contribution is 7.92. The Morgan fingerprint density at radius 3 is 2.33 bits per heavy atom. The summed E-state index contributed by atoms with van der Waals surface area (Å²) in [4.78, 5) is 27.7. The lowest BCUT2D eigenvalue weighted by Gasteiger charge is -2.33. The zero-order valence-electron chi connectivity index (χ0n) is 19.2. The summed E-state index contributed by atoms with van der Waals surface area (Å²) in [5.74, 6) is -0.567. The van der Waals surface area contributed by atoms with Crippen LogP contribution in [0.5, 0.6) is 5.75 Å². The van der Waals surface area contributed by atoms with Gasteiger partial charge in [0.2, 0.25) is 21.8 Å². The Morgan fingerprint density at radius 2 is 1.79 bits per heavy atom. The van der Waals surface area contributed by atoms with Gasteiger partial charge in [-0.15, -0.1) is 0 Å². The molecule has 0 saturated carbocycles. The third kappa shape index (κ3) is 7.10. The van der Waals surface area contributed by atoms with Crippen molar-refractivity contribution in [2.45, 2.75) is 32.9 Å². The molecule has 1 N–H and O–H groups in total. The molecular formula is C23H30ClN3O5S. The van der Waals surface area contributed by atoms with E-state index in [9.17, 15) is 18.0 Å². The zero-order chi connectivity index (χ0) is 24.6. The molecule has 2 amide bonds. The molecule has 0 fully saturated rings. The minimum absolute atomic E-state index is 0.145. The van der Waals surface area contributed by atoms with Crippen LogP contribution in [-0.2, 0) is 26.2 Å². The van der Waals surface area contributed by atoms with Crippen LogP contribution in [-0.4, -0.2) is 57.6 Å². The molecule has 0 heterocycles. The highest BCUT2D eigenvalue weighted by Gasteiger charge is 2.32. The number of anilines is 1. The molecule has 180 valence electrons. The second-order valence-electron chi connectivity index (χ2n) is 7.41. The number of hydrogen-bond acceptors (Lipinski definition) is 5. The fraction of sp³-hybridized carbons (Fsp3) is 0.391. The second-order valence-corrected chi connectivity index (χ2v) is 9.75. The lowest BCUT2D eigenvalue weighted by Crippen LogP contribution is -2.52. The number of halogens is 1. The Balaban J connectivity index is 2.48. The van der Waals surface area contributed by atoms with Gasteiger partial charge in [-0.05, 0) is 37.1 Å². The van der Waals surface area contributed by atoms with E-state index in [4.69, 9.17) is 16.3 Å². The van der Waals surface area contributed by atoms with E-state index in [0.717, 1.165) is 16.1 Å². The van der Waals surface area contributed by atoms with E-state index in [1.54, 1.807) is 19.9 Å². The third-order valence-electron chi connectivity index (χ3n) is 5.02. The average Bonchev–Trinajstić information content (AvgIpc) is 2.77. The summed E-state index contributed by atoms with van der Waals surface area (Å²) in [6.07, 6.45) is 1.37. The summed E-state index contributed by atoms with van der Waals surface area (Å²) in [5, 5.41) is 3.05. The van der Waals surface area contributed by atoms with Gasteiger partial charge in [0.15, 0.2) is 0 Å². The van der Waals surface area contributed by atoms with Crippen molar-refractivity contribution in [3.05, 3.63) is 59.1 Å². The second kappa shape index (κ2) is 11.9. The zero-order valence-corrected chi connectivity index (χ0v) is 20.8. The Kier molecular flexibility index (Phi) is 9.55. The highest BCUT2D eigenvalue weighted by atomic mass is 35.5. The molecule has 8 nitrogen and oxygen atoms in total. The van der Waals surface area contributed by atoms with Crippen LogP contribution >= 0.6 is 11.6 Å². The molecule has 0 aromatic heterocycles. The van der Waals surface area contributed by atoms with Crippen molar-refractivity contribution < 1.29 is 22.7 Å². The van der Waals surface area contributed by atoms with Gasteiger partial charge >= 0.3 is 0 Å². The number of rotatable bonds is 11. The normalized spacial score (nSPS) is 12.0. The summed E-state index contributed by atoms with van der Waals surface area (Å²) in [6.45, 7) is 3.65. The molecule has 2 rings (SSSR count). The van der Waals surface area contributed by atoms with Gasteiger partial charge in [-0.25, -0.2) is 8.42 Å². The first-order valence-corrected chi connectivity index (χ1v) is 12.8. The number of likely N-dealkylation sites (N-methyl/N-ethyl adjacent to an activating group) is 1. The van der Waals surface area contributed by atoms with Gasteiger partial charge in [-0.1, -0.05) is 48.9 Å². The summed E-state index contributed by atoms with van der Waals surface area (Å²) in [6, 6.07) is 13.0. The minimum Gasteiger partial charge on any atom is -0.495 e. The molecule has 0 aliphatic carbocycles. The number of sulfonamides is 1. The number of amides is 2. The van der Waals surface area contributed by atoms with Gasteiger partial charge in [0.25, 0.3) is 0 Å². The maximum absolute atomic E-state index is 13.5. The van der Waals surface area contributed by atoms with E-state index in [2.05, 4.69) is 5.32 Å². The van der Waals surface area contributed by atoms with Crippen molar-refractivity contribution >= 4 is 39.1 Å². The Bertz CT molecular complexity index is 1060. The van der Waals surface area contributed by atoms with Crippen molar-refractivity contribution in [3.63, 3.8) is 0 Å². The van der Waals surface area contributed by atoms with Crippen LogP contribution in [0.2, 0.25) is 5.02 Å².